The van der Waals surface area contributed by atoms with Gasteiger partial charge in [0.25, 0.3) is 0 Å². The normalized spacial score (nSPS) is 12.1. The van der Waals surface area contributed by atoms with Crippen LogP contribution >= 0.6 is 0 Å². The second-order valence-electron chi connectivity index (χ2n) is 6.90. The molecule has 0 N–H and O–H groups in total. The maximum atomic E-state index is 13.5. The van der Waals surface area contributed by atoms with Crippen molar-refractivity contribution in [1.29, 1.82) is 0 Å². The van der Waals surface area contributed by atoms with Crippen LogP contribution in [0.15, 0.2) is 65.9 Å². The number of aromatic nitrogens is 3. The molecule has 6 nitrogen and oxygen atoms in total. The molecule has 1 aliphatic heterocycles. The number of benzene rings is 1. The molecular formula is C24H15F4N6Pt-3. The molecule has 0 fully saturated rings. The maximum Gasteiger partial charge on any atom is 0.128 e. The molecule has 0 spiro atoms. The molecule has 4 aromatic rings. The summed E-state index contributed by atoms with van der Waals surface area (Å²) in [5.41, 5.74) is 2.28. The number of para-hydroxylation sites is 1. The SMILES string of the molecule is Cc1ccnc(-c2[c-]cc(F)nc2F)c1.Fc1c[c-]c(N2[CH-]N(c3ccccc3)C=N2)c(F)n1.[Pt]. The van der Waals surface area contributed by atoms with Gasteiger partial charge in [-0.2, -0.15) is 11.2 Å². The number of hydrogen-bond donors (Lipinski definition) is 0. The monoisotopic (exact) mass is 658 g/mol. The first kappa shape index (κ1) is 26.0. The number of nitrogens with zero attached hydrogens (tertiary/aromatic N) is 6. The van der Waals surface area contributed by atoms with Gasteiger partial charge in [0.15, 0.2) is 0 Å². The zero-order valence-electron chi connectivity index (χ0n) is 17.9. The quantitative estimate of drug-likeness (QED) is 0.175. The summed E-state index contributed by atoms with van der Waals surface area (Å²) in [5, 5.41) is 5.24. The Balaban J connectivity index is 0.000000195. The van der Waals surface area contributed by atoms with Gasteiger partial charge < -0.3 is 19.9 Å². The molecule has 0 atom stereocenters. The summed E-state index contributed by atoms with van der Waals surface area (Å²) < 4.78 is 52.0. The van der Waals surface area contributed by atoms with Crippen LogP contribution in [0.4, 0.5) is 28.9 Å². The summed E-state index contributed by atoms with van der Waals surface area (Å²) in [7, 11) is 0. The number of halogens is 4. The van der Waals surface area contributed by atoms with E-state index in [0.29, 0.717) is 5.69 Å². The van der Waals surface area contributed by atoms with Gasteiger partial charge in [-0.1, -0.05) is 41.5 Å². The van der Waals surface area contributed by atoms with Crippen molar-refractivity contribution in [1.82, 2.24) is 15.0 Å². The van der Waals surface area contributed by atoms with Gasteiger partial charge in [0, 0.05) is 32.9 Å². The van der Waals surface area contributed by atoms with Crippen LogP contribution in [0.1, 0.15) is 5.56 Å². The molecule has 11 heteroatoms. The molecule has 1 aliphatic rings. The summed E-state index contributed by atoms with van der Waals surface area (Å²) >= 11 is 0. The van der Waals surface area contributed by atoms with Crippen LogP contribution in [0.2, 0.25) is 0 Å². The van der Waals surface area contributed by atoms with Crippen LogP contribution in [-0.4, -0.2) is 21.3 Å². The molecule has 182 valence electrons. The number of hydrazone groups is 1. The largest absolute Gasteiger partial charge is 0.463 e. The average Bonchev–Trinajstić information content (AvgIpc) is 3.30. The average molecular weight is 658 g/mol. The van der Waals surface area contributed by atoms with Crippen molar-refractivity contribution < 1.29 is 38.6 Å². The van der Waals surface area contributed by atoms with Crippen molar-refractivity contribution in [2.24, 2.45) is 5.10 Å². The van der Waals surface area contributed by atoms with E-state index in [2.05, 4.69) is 32.2 Å². The van der Waals surface area contributed by atoms with Crippen LogP contribution in [0.3, 0.4) is 0 Å². The fraction of sp³-hybridized carbons (Fsp3) is 0.0417. The first-order valence-corrected chi connectivity index (χ1v) is 9.83. The number of hydrogen-bond acceptors (Lipinski definition) is 6. The van der Waals surface area contributed by atoms with E-state index in [0.717, 1.165) is 23.4 Å². The Hall–Kier alpha value is -3.65. The van der Waals surface area contributed by atoms with Crippen LogP contribution in [-0.2, 0) is 21.1 Å². The maximum absolute atomic E-state index is 13.5. The van der Waals surface area contributed by atoms with Crippen LogP contribution in [0, 0.1) is 49.5 Å². The van der Waals surface area contributed by atoms with E-state index in [1.165, 1.54) is 11.3 Å². The summed E-state index contributed by atoms with van der Waals surface area (Å²) in [5.74, 6) is -3.65. The van der Waals surface area contributed by atoms with Crippen LogP contribution in [0.25, 0.3) is 11.3 Å². The van der Waals surface area contributed by atoms with Crippen molar-refractivity contribution in [2.45, 2.75) is 6.92 Å². The second kappa shape index (κ2) is 11.7. The fourth-order valence-electron chi connectivity index (χ4n) is 2.89. The van der Waals surface area contributed by atoms with Crippen molar-refractivity contribution >= 4 is 17.7 Å². The van der Waals surface area contributed by atoms with E-state index in [1.807, 2.05) is 37.3 Å². The molecular weight excluding hydrogens is 643 g/mol. The molecule has 4 heterocycles. The molecule has 0 saturated heterocycles. The third kappa shape index (κ3) is 6.48. The van der Waals surface area contributed by atoms with Crippen molar-refractivity contribution in [3.8, 4) is 11.3 Å². The molecule has 3 aromatic heterocycles. The third-order valence-corrected chi connectivity index (χ3v) is 4.46. The predicted octanol–water partition coefficient (Wildman–Crippen LogP) is 5.08. The number of pyridine rings is 3. The molecule has 5 rings (SSSR count). The van der Waals surface area contributed by atoms with Gasteiger partial charge in [0.2, 0.25) is 0 Å². The minimum atomic E-state index is -0.955. The predicted molar refractivity (Wildman–Crippen MR) is 118 cm³/mol. The smallest absolute Gasteiger partial charge is 0.128 e. The van der Waals surface area contributed by atoms with Gasteiger partial charge in [-0.25, -0.2) is 8.78 Å². The minimum Gasteiger partial charge on any atom is -0.463 e. The third-order valence-electron chi connectivity index (χ3n) is 4.46. The molecule has 0 radical (unpaired) electrons. The summed E-state index contributed by atoms with van der Waals surface area (Å²) in [6.45, 7) is 3.42. The first-order chi connectivity index (χ1) is 16.4. The van der Waals surface area contributed by atoms with Gasteiger partial charge in [-0.05, 0) is 36.5 Å². The van der Waals surface area contributed by atoms with E-state index >= 15 is 0 Å². The molecule has 35 heavy (non-hydrogen) atoms. The van der Waals surface area contributed by atoms with E-state index in [-0.39, 0.29) is 32.3 Å². The van der Waals surface area contributed by atoms with E-state index < -0.39 is 23.8 Å². The minimum absolute atomic E-state index is 0. The van der Waals surface area contributed by atoms with Gasteiger partial charge in [-0.3, -0.25) is 13.8 Å². The summed E-state index contributed by atoms with van der Waals surface area (Å²) in [6, 6.07) is 19.8. The van der Waals surface area contributed by atoms with Crippen molar-refractivity contribution in [2.75, 3.05) is 9.91 Å². The Labute approximate surface area is 213 Å². The Bertz CT molecular complexity index is 1320. The van der Waals surface area contributed by atoms with E-state index in [9.17, 15) is 17.6 Å². The Morgan fingerprint density at radius 2 is 1.57 bits per heavy atom. The standard InChI is InChI=1S/C13H8F2N4.C11H7F2N2.Pt/c14-12-7-6-11(13(15)17-12)19-9-18(8-16-19)10-4-2-1-3-5-10;1-7-4-5-14-9(6-7)8-2-3-10(12)15-11(8)13;/h1-5,7-9H;3-6H,1H3;/q-2;-1;. The van der Waals surface area contributed by atoms with E-state index in [4.69, 9.17) is 0 Å². The first-order valence-electron chi connectivity index (χ1n) is 9.83. The molecule has 0 amide bonds. The zero-order valence-corrected chi connectivity index (χ0v) is 20.2. The number of aryl methyl sites for hydroxylation is 1. The van der Waals surface area contributed by atoms with Gasteiger partial charge in [0.05, 0.1) is 12.3 Å². The Morgan fingerprint density at radius 1 is 0.886 bits per heavy atom. The summed E-state index contributed by atoms with van der Waals surface area (Å²) in [4.78, 5) is 11.8. The number of rotatable bonds is 3. The van der Waals surface area contributed by atoms with Gasteiger partial charge in [0.1, 0.15) is 17.8 Å². The van der Waals surface area contributed by atoms with Crippen molar-refractivity contribution in [3.63, 3.8) is 0 Å². The topological polar surface area (TPSA) is 57.5 Å². The molecule has 0 unspecified atom stereocenters. The molecule has 0 bridgehead atoms. The van der Waals surface area contributed by atoms with Crippen LogP contribution in [0.5, 0.6) is 0 Å². The molecule has 0 saturated carbocycles. The van der Waals surface area contributed by atoms with Gasteiger partial charge in [-0.15, -0.1) is 18.8 Å². The van der Waals surface area contributed by atoms with Crippen molar-refractivity contribution in [3.05, 3.63) is 109 Å². The molecule has 1 aromatic carbocycles. The fourth-order valence-corrected chi connectivity index (χ4v) is 2.89. The van der Waals surface area contributed by atoms with Crippen LogP contribution < -0.4 is 9.91 Å². The molecule has 0 aliphatic carbocycles. The second-order valence-corrected chi connectivity index (χ2v) is 6.90. The Morgan fingerprint density at radius 3 is 2.23 bits per heavy atom. The Kier molecular flexibility index (Phi) is 8.65. The number of anilines is 2. The van der Waals surface area contributed by atoms with Gasteiger partial charge >= 0.3 is 0 Å². The summed E-state index contributed by atoms with van der Waals surface area (Å²) in [6.07, 6.45) is 3.08. The van der Waals surface area contributed by atoms with E-state index in [1.54, 1.807) is 29.9 Å². The zero-order chi connectivity index (χ0) is 24.1.